The van der Waals surface area contributed by atoms with Crippen molar-refractivity contribution in [2.45, 2.75) is 13.0 Å². The molecule has 1 unspecified atom stereocenters. The van der Waals surface area contributed by atoms with Crippen LogP contribution in [0.2, 0.25) is 0 Å². The minimum Gasteiger partial charge on any atom is -0.507 e. The lowest BCUT2D eigenvalue weighted by Gasteiger charge is -2.12. The number of hydrogen-bond acceptors (Lipinski definition) is 3. The van der Waals surface area contributed by atoms with Gasteiger partial charge in [-0.25, -0.2) is 0 Å². The van der Waals surface area contributed by atoms with Crippen molar-refractivity contribution in [2.24, 2.45) is 0 Å². The highest BCUT2D eigenvalue weighted by Gasteiger charge is 2.17. The summed E-state index contributed by atoms with van der Waals surface area (Å²) in [4.78, 5) is 12.1. The van der Waals surface area contributed by atoms with E-state index in [9.17, 15) is 9.90 Å². The van der Waals surface area contributed by atoms with Crippen LogP contribution in [-0.4, -0.2) is 11.0 Å². The summed E-state index contributed by atoms with van der Waals surface area (Å²) in [5, 5.41) is 21.5. The Morgan fingerprint density at radius 1 is 1.25 bits per heavy atom. The van der Waals surface area contributed by atoms with Crippen LogP contribution in [0.25, 0.3) is 0 Å². The highest BCUT2D eigenvalue weighted by Crippen LogP contribution is 2.20. The van der Waals surface area contributed by atoms with Gasteiger partial charge in [0.2, 0.25) is 0 Å². The van der Waals surface area contributed by atoms with Gasteiger partial charge in [0.25, 0.3) is 5.91 Å². The first-order chi connectivity index (χ1) is 9.61. The third-order valence-electron chi connectivity index (χ3n) is 2.94. The van der Waals surface area contributed by atoms with Crippen molar-refractivity contribution < 1.29 is 9.90 Å². The number of phenolic OH excluding ortho intramolecular Hbond substituents is 1. The van der Waals surface area contributed by atoms with Gasteiger partial charge in [-0.15, -0.1) is 0 Å². The second-order valence-corrected chi connectivity index (χ2v) is 4.47. The molecule has 1 atom stereocenters. The molecule has 0 bridgehead atoms. The van der Waals surface area contributed by atoms with Gasteiger partial charge in [-0.3, -0.25) is 4.79 Å². The van der Waals surface area contributed by atoms with Crippen LogP contribution in [0.15, 0.2) is 48.5 Å². The van der Waals surface area contributed by atoms with E-state index in [1.54, 1.807) is 36.4 Å². The summed E-state index contributed by atoms with van der Waals surface area (Å²) in [6.07, 6.45) is 0. The van der Waals surface area contributed by atoms with Gasteiger partial charge in [0.05, 0.1) is 11.6 Å². The molecular formula is C16H14N2O2. The van der Waals surface area contributed by atoms with E-state index in [1.165, 1.54) is 6.07 Å². The number of nitrogens with one attached hydrogen (secondary N) is 1. The molecule has 20 heavy (non-hydrogen) atoms. The Kier molecular flexibility index (Phi) is 4.02. The number of aryl methyl sites for hydroxylation is 1. The Bertz CT molecular complexity index is 660. The van der Waals surface area contributed by atoms with E-state index in [2.05, 4.69) is 5.32 Å². The number of carbonyl (C=O) groups is 1. The van der Waals surface area contributed by atoms with Gasteiger partial charge >= 0.3 is 0 Å². The maximum absolute atomic E-state index is 12.1. The third kappa shape index (κ3) is 2.96. The first-order valence-electron chi connectivity index (χ1n) is 6.17. The van der Waals surface area contributed by atoms with Crippen molar-refractivity contribution in [3.05, 3.63) is 65.2 Å². The molecule has 0 spiro atoms. The fourth-order valence-corrected chi connectivity index (χ4v) is 1.88. The summed E-state index contributed by atoms with van der Waals surface area (Å²) in [5.74, 6) is -0.565. The number of phenols is 1. The molecule has 2 aromatic carbocycles. The maximum Gasteiger partial charge on any atom is 0.256 e. The Hall–Kier alpha value is -2.80. The number of nitrogens with zero attached hydrogens (tertiary/aromatic N) is 1. The Morgan fingerprint density at radius 3 is 2.55 bits per heavy atom. The monoisotopic (exact) mass is 266 g/mol. The van der Waals surface area contributed by atoms with Crippen LogP contribution >= 0.6 is 0 Å². The van der Waals surface area contributed by atoms with Crippen LogP contribution in [-0.2, 0) is 0 Å². The zero-order chi connectivity index (χ0) is 14.5. The Labute approximate surface area is 117 Å². The number of aromatic hydroxyl groups is 1. The molecule has 4 heteroatoms. The fraction of sp³-hybridized carbons (Fsp3) is 0.125. The van der Waals surface area contributed by atoms with Crippen LogP contribution in [0, 0.1) is 18.3 Å². The quantitative estimate of drug-likeness (QED) is 0.897. The molecule has 0 fully saturated rings. The first kappa shape index (κ1) is 13.6. The van der Waals surface area contributed by atoms with E-state index in [0.29, 0.717) is 5.56 Å². The standard InChI is InChI=1S/C16H14N2O2/c1-11-7-8-13(15(19)9-11)16(20)18-14(10-17)12-5-3-2-4-6-12/h2-9,14,19H,1H3,(H,18,20). The normalized spacial score (nSPS) is 11.4. The minimum atomic E-state index is -0.746. The topological polar surface area (TPSA) is 73.1 Å². The second kappa shape index (κ2) is 5.89. The minimum absolute atomic E-state index is 0.0905. The summed E-state index contributed by atoms with van der Waals surface area (Å²) in [6.45, 7) is 1.82. The fourth-order valence-electron chi connectivity index (χ4n) is 1.88. The summed E-state index contributed by atoms with van der Waals surface area (Å²) in [5.41, 5.74) is 1.72. The summed E-state index contributed by atoms with van der Waals surface area (Å²) in [7, 11) is 0. The number of carbonyl (C=O) groups excluding carboxylic acids is 1. The van der Waals surface area contributed by atoms with Gasteiger partial charge in [0.15, 0.2) is 0 Å². The van der Waals surface area contributed by atoms with E-state index in [0.717, 1.165) is 5.56 Å². The molecule has 0 saturated heterocycles. The third-order valence-corrected chi connectivity index (χ3v) is 2.94. The maximum atomic E-state index is 12.1. The average Bonchev–Trinajstić information content (AvgIpc) is 2.45. The van der Waals surface area contributed by atoms with Gasteiger partial charge in [0.1, 0.15) is 11.8 Å². The molecular weight excluding hydrogens is 252 g/mol. The highest BCUT2D eigenvalue weighted by molar-refractivity contribution is 5.97. The number of hydrogen-bond donors (Lipinski definition) is 2. The van der Waals surface area contributed by atoms with E-state index < -0.39 is 11.9 Å². The van der Waals surface area contributed by atoms with Crippen molar-refractivity contribution >= 4 is 5.91 Å². The molecule has 0 aliphatic rings. The summed E-state index contributed by atoms with van der Waals surface area (Å²) < 4.78 is 0. The molecule has 4 nitrogen and oxygen atoms in total. The van der Waals surface area contributed by atoms with Crippen LogP contribution < -0.4 is 5.32 Å². The van der Waals surface area contributed by atoms with Gasteiger partial charge < -0.3 is 10.4 Å². The van der Waals surface area contributed by atoms with Crippen molar-refractivity contribution in [3.63, 3.8) is 0 Å². The summed E-state index contributed by atoms with van der Waals surface area (Å²) in [6, 6.07) is 15.1. The van der Waals surface area contributed by atoms with Gasteiger partial charge in [-0.2, -0.15) is 5.26 Å². The molecule has 2 N–H and O–H groups in total. The van der Waals surface area contributed by atoms with Crippen molar-refractivity contribution in [1.29, 1.82) is 5.26 Å². The lowest BCUT2D eigenvalue weighted by molar-refractivity contribution is 0.0942. The zero-order valence-electron chi connectivity index (χ0n) is 11.0. The zero-order valence-corrected chi connectivity index (χ0v) is 11.0. The number of nitriles is 1. The molecule has 2 aromatic rings. The first-order valence-corrected chi connectivity index (χ1v) is 6.17. The molecule has 0 aliphatic carbocycles. The number of amides is 1. The molecule has 100 valence electrons. The van der Waals surface area contributed by atoms with Crippen molar-refractivity contribution in [3.8, 4) is 11.8 Å². The predicted octanol–water partition coefficient (Wildman–Crippen LogP) is 2.70. The SMILES string of the molecule is Cc1ccc(C(=O)NC(C#N)c2ccccc2)c(O)c1. The van der Waals surface area contributed by atoms with Crippen LogP contribution in [0.3, 0.4) is 0 Å². The van der Waals surface area contributed by atoms with Crippen LogP contribution in [0.4, 0.5) is 0 Å². The molecule has 2 rings (SSSR count). The Morgan fingerprint density at radius 2 is 1.95 bits per heavy atom. The predicted molar refractivity (Wildman–Crippen MR) is 75.1 cm³/mol. The molecule has 0 heterocycles. The van der Waals surface area contributed by atoms with Gasteiger partial charge in [-0.05, 0) is 30.2 Å². The van der Waals surface area contributed by atoms with Gasteiger partial charge in [-0.1, -0.05) is 36.4 Å². The van der Waals surface area contributed by atoms with Crippen molar-refractivity contribution in [1.82, 2.24) is 5.32 Å². The Balaban J connectivity index is 2.20. The van der Waals surface area contributed by atoms with Crippen LogP contribution in [0.1, 0.15) is 27.5 Å². The van der Waals surface area contributed by atoms with Gasteiger partial charge in [0, 0.05) is 0 Å². The van der Waals surface area contributed by atoms with E-state index in [-0.39, 0.29) is 11.3 Å². The molecule has 0 aromatic heterocycles. The molecule has 0 saturated carbocycles. The van der Waals surface area contributed by atoms with Crippen LogP contribution in [0.5, 0.6) is 5.75 Å². The molecule has 1 amide bonds. The lowest BCUT2D eigenvalue weighted by Crippen LogP contribution is -2.27. The highest BCUT2D eigenvalue weighted by atomic mass is 16.3. The lowest BCUT2D eigenvalue weighted by atomic mass is 10.1. The number of benzene rings is 2. The average molecular weight is 266 g/mol. The summed E-state index contributed by atoms with van der Waals surface area (Å²) >= 11 is 0. The second-order valence-electron chi connectivity index (χ2n) is 4.47. The number of rotatable bonds is 3. The molecule has 0 aliphatic heterocycles. The largest absolute Gasteiger partial charge is 0.507 e. The van der Waals surface area contributed by atoms with E-state index >= 15 is 0 Å². The smallest absolute Gasteiger partial charge is 0.256 e. The van der Waals surface area contributed by atoms with E-state index in [1.807, 2.05) is 19.1 Å². The van der Waals surface area contributed by atoms with E-state index in [4.69, 9.17) is 5.26 Å². The van der Waals surface area contributed by atoms with Crippen molar-refractivity contribution in [2.75, 3.05) is 0 Å². The molecule has 0 radical (unpaired) electrons.